The van der Waals surface area contributed by atoms with Crippen LogP contribution in [0.3, 0.4) is 0 Å². The summed E-state index contributed by atoms with van der Waals surface area (Å²) in [7, 11) is 0. The summed E-state index contributed by atoms with van der Waals surface area (Å²) < 4.78 is 0. The first kappa shape index (κ1) is 11.7. The number of rotatable bonds is 4. The van der Waals surface area contributed by atoms with E-state index in [1.54, 1.807) is 18.6 Å². The normalized spacial score (nSPS) is 12.4. The summed E-state index contributed by atoms with van der Waals surface area (Å²) in [6, 6.07) is 5.68. The summed E-state index contributed by atoms with van der Waals surface area (Å²) in [5, 5.41) is 9.25. The van der Waals surface area contributed by atoms with Crippen LogP contribution in [0.15, 0.2) is 36.8 Å². The third kappa shape index (κ3) is 2.65. The average molecular weight is 229 g/mol. The van der Waals surface area contributed by atoms with Crippen LogP contribution in [0.5, 0.6) is 0 Å². The minimum Gasteiger partial charge on any atom is -0.396 e. The third-order valence-corrected chi connectivity index (χ3v) is 2.71. The van der Waals surface area contributed by atoms with E-state index in [-0.39, 0.29) is 12.5 Å². The van der Waals surface area contributed by atoms with Crippen molar-refractivity contribution in [1.29, 1.82) is 0 Å². The van der Waals surface area contributed by atoms with Gasteiger partial charge in [0.1, 0.15) is 5.82 Å². The van der Waals surface area contributed by atoms with Crippen molar-refractivity contribution in [2.45, 2.75) is 19.3 Å². The molecule has 0 aromatic carbocycles. The molecule has 0 spiro atoms. The zero-order valence-corrected chi connectivity index (χ0v) is 9.74. The Morgan fingerprint density at radius 2 is 2.18 bits per heavy atom. The smallest absolute Gasteiger partial charge is 0.134 e. The van der Waals surface area contributed by atoms with Crippen LogP contribution in [0.4, 0.5) is 0 Å². The maximum atomic E-state index is 9.25. The number of hydrogen-bond acceptors (Lipinski definition) is 4. The molecule has 0 amide bonds. The lowest BCUT2D eigenvalue weighted by atomic mass is 10.1. The van der Waals surface area contributed by atoms with Crippen LogP contribution in [-0.2, 0) is 0 Å². The highest BCUT2D eigenvalue weighted by molar-refractivity contribution is 5.56. The molecule has 0 aliphatic heterocycles. The molecule has 88 valence electrons. The lowest BCUT2D eigenvalue weighted by molar-refractivity contribution is 0.257. The summed E-state index contributed by atoms with van der Waals surface area (Å²) in [6.45, 7) is 2.09. The summed E-state index contributed by atoms with van der Waals surface area (Å²) in [6.07, 6.45) is 6.05. The Kier molecular flexibility index (Phi) is 3.77. The van der Waals surface area contributed by atoms with Crippen LogP contribution in [0, 0.1) is 0 Å². The molecule has 0 bridgehead atoms. The third-order valence-electron chi connectivity index (χ3n) is 2.71. The number of aliphatic hydroxyl groups excluding tert-OH is 1. The second-order valence-electron chi connectivity index (χ2n) is 3.83. The molecule has 4 heteroatoms. The first-order valence-corrected chi connectivity index (χ1v) is 5.69. The molecule has 0 saturated heterocycles. The van der Waals surface area contributed by atoms with Gasteiger partial charge < -0.3 is 5.11 Å². The van der Waals surface area contributed by atoms with Gasteiger partial charge in [0.15, 0.2) is 0 Å². The van der Waals surface area contributed by atoms with Crippen molar-refractivity contribution in [1.82, 2.24) is 15.0 Å². The zero-order valence-electron chi connectivity index (χ0n) is 9.74. The van der Waals surface area contributed by atoms with Crippen molar-refractivity contribution in [3.8, 4) is 11.3 Å². The number of pyridine rings is 1. The Balaban J connectivity index is 2.35. The first-order chi connectivity index (χ1) is 8.35. The van der Waals surface area contributed by atoms with E-state index in [9.17, 15) is 5.11 Å². The second-order valence-corrected chi connectivity index (χ2v) is 3.83. The van der Waals surface area contributed by atoms with E-state index in [0.29, 0.717) is 5.82 Å². The summed E-state index contributed by atoms with van der Waals surface area (Å²) in [5.41, 5.74) is 1.80. The standard InChI is InChI=1S/C13H15N3O/c1-2-10(9-17)13-15-7-5-12(16-13)11-4-3-6-14-8-11/h3-8,10,17H,2,9H2,1H3. The quantitative estimate of drug-likeness (QED) is 0.871. The number of hydrogen-bond donors (Lipinski definition) is 1. The van der Waals surface area contributed by atoms with Crippen molar-refractivity contribution in [2.24, 2.45) is 0 Å². The molecule has 2 rings (SSSR count). The van der Waals surface area contributed by atoms with Gasteiger partial charge in [0, 0.05) is 30.1 Å². The molecule has 1 N–H and O–H groups in total. The summed E-state index contributed by atoms with van der Waals surface area (Å²) in [4.78, 5) is 12.8. The molecule has 0 radical (unpaired) electrons. The van der Waals surface area contributed by atoms with E-state index < -0.39 is 0 Å². The predicted octanol–water partition coefficient (Wildman–Crippen LogP) is 2.02. The van der Waals surface area contributed by atoms with E-state index in [4.69, 9.17) is 0 Å². The van der Waals surface area contributed by atoms with E-state index in [0.717, 1.165) is 17.7 Å². The number of aromatic nitrogens is 3. The number of nitrogens with zero attached hydrogens (tertiary/aromatic N) is 3. The lowest BCUT2D eigenvalue weighted by Crippen LogP contribution is -2.08. The van der Waals surface area contributed by atoms with E-state index in [1.807, 2.05) is 25.1 Å². The first-order valence-electron chi connectivity index (χ1n) is 5.69. The van der Waals surface area contributed by atoms with Crippen molar-refractivity contribution in [2.75, 3.05) is 6.61 Å². The molecule has 0 saturated carbocycles. The summed E-state index contributed by atoms with van der Waals surface area (Å²) >= 11 is 0. The van der Waals surface area contributed by atoms with Crippen molar-refractivity contribution in [3.05, 3.63) is 42.6 Å². The van der Waals surface area contributed by atoms with Crippen LogP contribution in [0.25, 0.3) is 11.3 Å². The highest BCUT2D eigenvalue weighted by Gasteiger charge is 2.12. The van der Waals surface area contributed by atoms with Crippen LogP contribution in [-0.4, -0.2) is 26.7 Å². The van der Waals surface area contributed by atoms with Gasteiger partial charge in [-0.05, 0) is 24.6 Å². The number of aliphatic hydroxyl groups is 1. The minimum absolute atomic E-state index is 0.00613. The average Bonchev–Trinajstić information content (AvgIpc) is 2.42. The molecule has 2 heterocycles. The van der Waals surface area contributed by atoms with Crippen LogP contribution >= 0.6 is 0 Å². The van der Waals surface area contributed by atoms with Gasteiger partial charge in [-0.15, -0.1) is 0 Å². The van der Waals surface area contributed by atoms with Crippen molar-refractivity contribution in [3.63, 3.8) is 0 Å². The SMILES string of the molecule is CCC(CO)c1nccc(-c2cccnc2)n1. The van der Waals surface area contributed by atoms with Crippen LogP contribution in [0.2, 0.25) is 0 Å². The molecule has 0 fully saturated rings. The predicted molar refractivity (Wildman–Crippen MR) is 65.4 cm³/mol. The van der Waals surface area contributed by atoms with Crippen molar-refractivity contribution < 1.29 is 5.11 Å². The maximum absolute atomic E-state index is 9.25. The van der Waals surface area contributed by atoms with Gasteiger partial charge in [-0.2, -0.15) is 0 Å². The largest absolute Gasteiger partial charge is 0.396 e. The Labute approximate surface area is 100 Å². The fourth-order valence-corrected chi connectivity index (χ4v) is 1.64. The molecule has 2 aromatic rings. The monoisotopic (exact) mass is 229 g/mol. The highest BCUT2D eigenvalue weighted by atomic mass is 16.3. The Hall–Kier alpha value is -1.81. The van der Waals surface area contributed by atoms with Gasteiger partial charge >= 0.3 is 0 Å². The van der Waals surface area contributed by atoms with Crippen LogP contribution in [0.1, 0.15) is 25.1 Å². The molecule has 0 aliphatic rings. The second kappa shape index (κ2) is 5.50. The van der Waals surface area contributed by atoms with E-state index in [2.05, 4.69) is 15.0 Å². The minimum atomic E-state index is 0.00613. The van der Waals surface area contributed by atoms with Gasteiger partial charge in [-0.25, -0.2) is 9.97 Å². The van der Waals surface area contributed by atoms with Gasteiger partial charge in [-0.1, -0.05) is 6.92 Å². The Morgan fingerprint density at radius 1 is 1.29 bits per heavy atom. The fourth-order valence-electron chi connectivity index (χ4n) is 1.64. The van der Waals surface area contributed by atoms with Gasteiger partial charge in [-0.3, -0.25) is 4.98 Å². The van der Waals surface area contributed by atoms with Gasteiger partial charge in [0.05, 0.1) is 12.3 Å². The van der Waals surface area contributed by atoms with E-state index >= 15 is 0 Å². The van der Waals surface area contributed by atoms with Gasteiger partial charge in [0.25, 0.3) is 0 Å². The van der Waals surface area contributed by atoms with E-state index in [1.165, 1.54) is 0 Å². The molecule has 17 heavy (non-hydrogen) atoms. The molecule has 1 unspecified atom stereocenters. The molecular formula is C13H15N3O. The lowest BCUT2D eigenvalue weighted by Gasteiger charge is -2.10. The summed E-state index contributed by atoms with van der Waals surface area (Å²) in [5.74, 6) is 0.697. The molecule has 1 atom stereocenters. The Bertz CT molecular complexity index is 469. The molecule has 0 aliphatic carbocycles. The fraction of sp³-hybridized carbons (Fsp3) is 0.308. The topological polar surface area (TPSA) is 58.9 Å². The molecular weight excluding hydrogens is 214 g/mol. The molecule has 2 aromatic heterocycles. The zero-order chi connectivity index (χ0) is 12.1. The molecule has 4 nitrogen and oxygen atoms in total. The van der Waals surface area contributed by atoms with Crippen molar-refractivity contribution >= 4 is 0 Å². The maximum Gasteiger partial charge on any atom is 0.134 e. The van der Waals surface area contributed by atoms with Gasteiger partial charge in [0.2, 0.25) is 0 Å². The Morgan fingerprint density at radius 3 is 2.82 bits per heavy atom. The highest BCUT2D eigenvalue weighted by Crippen LogP contribution is 2.19. The van der Waals surface area contributed by atoms with Crippen LogP contribution < -0.4 is 0 Å².